The molecule has 94 valence electrons. The number of para-hydroxylation sites is 1. The van der Waals surface area contributed by atoms with E-state index in [2.05, 4.69) is 0 Å². The number of hydrogen-bond donors (Lipinski definition) is 1. The molecule has 5 heteroatoms. The molecule has 1 amide bonds. The third kappa shape index (κ3) is 1.51. The van der Waals surface area contributed by atoms with Crippen LogP contribution in [0.5, 0.6) is 0 Å². The van der Waals surface area contributed by atoms with E-state index in [1.165, 1.54) is 0 Å². The van der Waals surface area contributed by atoms with Crippen LogP contribution in [0.3, 0.4) is 0 Å². The highest BCUT2D eigenvalue weighted by Gasteiger charge is 2.49. The lowest BCUT2D eigenvalue weighted by atomic mass is 9.95. The summed E-state index contributed by atoms with van der Waals surface area (Å²) in [5.41, 5.74) is 6.86. The predicted molar refractivity (Wildman–Crippen MR) is 65.3 cm³/mol. The summed E-state index contributed by atoms with van der Waals surface area (Å²) in [6.07, 6.45) is 1.33. The Morgan fingerprint density at radius 3 is 2.61 bits per heavy atom. The lowest BCUT2D eigenvalue weighted by molar-refractivity contribution is -0.130. The minimum absolute atomic E-state index is 0.0970. The highest BCUT2D eigenvalue weighted by atomic mass is 16.8. The second-order valence-electron chi connectivity index (χ2n) is 4.91. The van der Waals surface area contributed by atoms with Crippen molar-refractivity contribution in [2.24, 2.45) is 11.7 Å². The number of amides is 1. The van der Waals surface area contributed by atoms with Gasteiger partial charge in [-0.25, -0.2) is 4.79 Å². The standard InChI is InChI=1S/C13H14N2O3/c14-12(16)9-5-7-15(8-6-9)11-4-2-1-3-10(11)13(17)18-15/h1-4,9H,5-8H2,(H-,14,16)/p+1. The molecule has 0 atom stereocenters. The van der Waals surface area contributed by atoms with E-state index in [0.29, 0.717) is 31.5 Å². The molecule has 1 spiro atoms. The smallest absolute Gasteiger partial charge is 0.369 e. The van der Waals surface area contributed by atoms with Crippen molar-refractivity contribution in [3.8, 4) is 0 Å². The number of rotatable bonds is 1. The van der Waals surface area contributed by atoms with Gasteiger partial charge in [-0.15, -0.1) is 4.65 Å². The highest BCUT2D eigenvalue weighted by molar-refractivity contribution is 5.98. The van der Waals surface area contributed by atoms with Gasteiger partial charge in [-0.2, -0.15) is 0 Å². The molecule has 1 saturated heterocycles. The molecule has 0 aliphatic carbocycles. The quantitative estimate of drug-likeness (QED) is 0.752. The molecule has 0 aromatic heterocycles. The number of carbonyl (C=O) groups is 2. The van der Waals surface area contributed by atoms with Gasteiger partial charge in [0.05, 0.1) is 0 Å². The minimum Gasteiger partial charge on any atom is -0.369 e. The van der Waals surface area contributed by atoms with Gasteiger partial charge in [0.25, 0.3) is 0 Å². The normalized spacial score (nSPS) is 30.0. The number of hydroxylamine groups is 2. The molecular formula is C13H15N2O3+. The Morgan fingerprint density at radius 1 is 1.28 bits per heavy atom. The van der Waals surface area contributed by atoms with Gasteiger partial charge in [0, 0.05) is 24.8 Å². The number of hydrogen-bond acceptors (Lipinski definition) is 3. The molecule has 1 fully saturated rings. The maximum Gasteiger partial charge on any atom is 0.404 e. The molecule has 3 rings (SSSR count). The third-order valence-electron chi connectivity index (χ3n) is 3.90. The molecule has 2 N–H and O–H groups in total. The van der Waals surface area contributed by atoms with E-state index in [-0.39, 0.29) is 22.4 Å². The van der Waals surface area contributed by atoms with E-state index in [4.69, 9.17) is 10.6 Å². The van der Waals surface area contributed by atoms with Crippen LogP contribution in [0.15, 0.2) is 24.3 Å². The van der Waals surface area contributed by atoms with Gasteiger partial charge in [0.15, 0.2) is 5.69 Å². The van der Waals surface area contributed by atoms with Crippen LogP contribution in [-0.4, -0.2) is 25.0 Å². The zero-order valence-electron chi connectivity index (χ0n) is 9.96. The number of primary amides is 1. The van der Waals surface area contributed by atoms with Gasteiger partial charge in [-0.05, 0) is 6.07 Å². The number of piperidine rings is 1. The maximum absolute atomic E-state index is 11.8. The molecule has 0 radical (unpaired) electrons. The van der Waals surface area contributed by atoms with E-state index < -0.39 is 0 Å². The third-order valence-corrected chi connectivity index (χ3v) is 3.90. The Kier molecular flexibility index (Phi) is 2.38. The van der Waals surface area contributed by atoms with Gasteiger partial charge < -0.3 is 5.73 Å². The summed E-state index contributed by atoms with van der Waals surface area (Å²) in [5.74, 6) is -0.630. The van der Waals surface area contributed by atoms with Crippen LogP contribution in [0.2, 0.25) is 0 Å². The lowest BCUT2D eigenvalue weighted by Gasteiger charge is -2.35. The van der Waals surface area contributed by atoms with Crippen molar-refractivity contribution in [2.45, 2.75) is 12.8 Å². The Morgan fingerprint density at radius 2 is 1.94 bits per heavy atom. The van der Waals surface area contributed by atoms with Crippen molar-refractivity contribution in [3.05, 3.63) is 29.8 Å². The van der Waals surface area contributed by atoms with Crippen molar-refractivity contribution < 1.29 is 14.4 Å². The largest absolute Gasteiger partial charge is 0.404 e. The first kappa shape index (κ1) is 11.2. The van der Waals surface area contributed by atoms with Gasteiger partial charge in [-0.1, -0.05) is 12.1 Å². The van der Waals surface area contributed by atoms with Crippen molar-refractivity contribution >= 4 is 17.6 Å². The molecule has 2 heterocycles. The fraction of sp³-hybridized carbons (Fsp3) is 0.385. The predicted octanol–water partition coefficient (Wildman–Crippen LogP) is 0.975. The van der Waals surface area contributed by atoms with E-state index in [1.807, 2.05) is 18.2 Å². The summed E-state index contributed by atoms with van der Waals surface area (Å²) in [6.45, 7) is 1.24. The van der Waals surface area contributed by atoms with Crippen molar-refractivity contribution in [3.63, 3.8) is 0 Å². The van der Waals surface area contributed by atoms with Gasteiger partial charge >= 0.3 is 5.97 Å². The Labute approximate surface area is 105 Å². The first-order valence-corrected chi connectivity index (χ1v) is 6.12. The van der Waals surface area contributed by atoms with E-state index in [0.717, 1.165) is 5.69 Å². The summed E-state index contributed by atoms with van der Waals surface area (Å²) < 4.78 is 0.221. The summed E-state index contributed by atoms with van der Waals surface area (Å²) in [5, 5.41) is 0. The minimum atomic E-state index is -0.275. The molecule has 0 bridgehead atoms. The molecule has 0 saturated carbocycles. The maximum atomic E-state index is 11.8. The van der Waals surface area contributed by atoms with Crippen LogP contribution >= 0.6 is 0 Å². The average Bonchev–Trinajstić information content (AvgIpc) is 2.64. The first-order valence-electron chi connectivity index (χ1n) is 6.12. The van der Waals surface area contributed by atoms with Crippen molar-refractivity contribution in [2.75, 3.05) is 13.1 Å². The van der Waals surface area contributed by atoms with Gasteiger partial charge in [-0.3, -0.25) is 9.63 Å². The van der Waals surface area contributed by atoms with Crippen LogP contribution in [0, 0.1) is 5.92 Å². The molecule has 0 unspecified atom stereocenters. The van der Waals surface area contributed by atoms with Crippen LogP contribution in [-0.2, 0) is 9.63 Å². The zero-order chi connectivity index (χ0) is 12.8. The number of quaternary nitrogens is 1. The highest BCUT2D eigenvalue weighted by Crippen LogP contribution is 2.39. The lowest BCUT2D eigenvalue weighted by Crippen LogP contribution is -2.53. The molecule has 5 nitrogen and oxygen atoms in total. The number of benzene rings is 1. The first-order chi connectivity index (χ1) is 8.62. The van der Waals surface area contributed by atoms with Gasteiger partial charge in [0.1, 0.15) is 18.7 Å². The summed E-state index contributed by atoms with van der Waals surface area (Å²) in [4.78, 5) is 28.5. The molecule has 18 heavy (non-hydrogen) atoms. The van der Waals surface area contributed by atoms with Crippen LogP contribution in [0.4, 0.5) is 5.69 Å². The molecular weight excluding hydrogens is 232 g/mol. The molecule has 2 aliphatic heterocycles. The molecule has 2 aliphatic rings. The van der Waals surface area contributed by atoms with Crippen LogP contribution in [0.25, 0.3) is 0 Å². The number of fused-ring (bicyclic) bond motifs is 2. The van der Waals surface area contributed by atoms with E-state index >= 15 is 0 Å². The monoisotopic (exact) mass is 247 g/mol. The van der Waals surface area contributed by atoms with E-state index in [1.54, 1.807) is 6.07 Å². The van der Waals surface area contributed by atoms with Crippen LogP contribution in [0.1, 0.15) is 23.2 Å². The topological polar surface area (TPSA) is 69.4 Å². The summed E-state index contributed by atoms with van der Waals surface area (Å²) >= 11 is 0. The second kappa shape index (κ2) is 3.81. The van der Waals surface area contributed by atoms with Crippen molar-refractivity contribution in [1.82, 2.24) is 4.65 Å². The fourth-order valence-electron chi connectivity index (χ4n) is 2.86. The molecule has 1 aromatic carbocycles. The Hall–Kier alpha value is -1.88. The van der Waals surface area contributed by atoms with Gasteiger partial charge in [0.2, 0.25) is 5.91 Å². The van der Waals surface area contributed by atoms with Crippen molar-refractivity contribution in [1.29, 1.82) is 0 Å². The zero-order valence-corrected chi connectivity index (χ0v) is 9.96. The number of carbonyl (C=O) groups excluding carboxylic acids is 2. The van der Waals surface area contributed by atoms with E-state index in [9.17, 15) is 9.59 Å². The summed E-state index contributed by atoms with van der Waals surface area (Å²) in [6, 6.07) is 7.44. The second-order valence-corrected chi connectivity index (χ2v) is 4.91. The Balaban J connectivity index is 1.91. The fourth-order valence-corrected chi connectivity index (χ4v) is 2.86. The number of nitrogens with two attached hydrogens (primary N) is 1. The Bertz CT molecular complexity index is 519. The SMILES string of the molecule is NC(=O)C1CC[N+]2(CC1)OC(=O)c1ccccc12. The number of nitrogens with zero attached hydrogens (tertiary/aromatic N) is 1. The van der Waals surface area contributed by atoms with Crippen LogP contribution < -0.4 is 10.4 Å². The molecule has 1 aromatic rings. The summed E-state index contributed by atoms with van der Waals surface area (Å²) in [7, 11) is 0. The average molecular weight is 247 g/mol.